The predicted octanol–water partition coefficient (Wildman–Crippen LogP) is 0.00870. The number of urea groups is 1. The maximum atomic E-state index is 12.5. The molecule has 0 radical (unpaired) electrons. The third-order valence-corrected chi connectivity index (χ3v) is 4.23. The fourth-order valence-electron chi connectivity index (χ4n) is 2.95. The minimum absolute atomic E-state index is 0.101. The first-order valence-corrected chi connectivity index (χ1v) is 6.73. The number of hydrogen-bond donors (Lipinski definition) is 1. The lowest BCUT2D eigenvalue weighted by molar-refractivity contribution is -0.142. The smallest absolute Gasteiger partial charge is 0.320 e. The van der Waals surface area contributed by atoms with Crippen LogP contribution in [0.15, 0.2) is 6.33 Å². The van der Waals surface area contributed by atoms with E-state index in [0.29, 0.717) is 32.6 Å². The highest BCUT2D eigenvalue weighted by molar-refractivity contribution is 5.78. The Balaban J connectivity index is 1.70. The maximum absolute atomic E-state index is 12.5. The van der Waals surface area contributed by atoms with Crippen molar-refractivity contribution >= 4 is 12.0 Å². The molecule has 2 aliphatic heterocycles. The number of fused-ring (bicyclic) bond motifs is 1. The van der Waals surface area contributed by atoms with E-state index in [0.717, 1.165) is 5.82 Å². The second-order valence-electron chi connectivity index (χ2n) is 5.31. The normalized spacial score (nSPS) is 25.6. The van der Waals surface area contributed by atoms with E-state index in [-0.39, 0.29) is 12.1 Å². The van der Waals surface area contributed by atoms with Crippen molar-refractivity contribution in [2.75, 3.05) is 13.1 Å². The Hall–Kier alpha value is -2.12. The van der Waals surface area contributed by atoms with Crippen molar-refractivity contribution in [3.63, 3.8) is 0 Å². The molecule has 0 aromatic carbocycles. The maximum Gasteiger partial charge on any atom is 0.320 e. The first-order valence-electron chi connectivity index (χ1n) is 6.73. The molecule has 3 rings (SSSR count). The number of carbonyl (C=O) groups excluding carboxylic acids is 1. The summed E-state index contributed by atoms with van der Waals surface area (Å²) in [6, 6.07) is -0.365. The van der Waals surface area contributed by atoms with Gasteiger partial charge in [0.05, 0.1) is 12.5 Å². The van der Waals surface area contributed by atoms with E-state index >= 15 is 0 Å². The number of rotatable bonds is 1. The van der Waals surface area contributed by atoms with E-state index < -0.39 is 11.9 Å². The zero-order valence-electron chi connectivity index (χ0n) is 11.3. The molecule has 0 saturated carbocycles. The summed E-state index contributed by atoms with van der Waals surface area (Å²) >= 11 is 0. The van der Waals surface area contributed by atoms with Gasteiger partial charge in [0.25, 0.3) is 0 Å². The molecular weight excluding hydrogens is 262 g/mol. The number of carbonyl (C=O) groups is 2. The summed E-state index contributed by atoms with van der Waals surface area (Å²) in [5.74, 6) is -0.523. The summed E-state index contributed by atoms with van der Waals surface area (Å²) in [5, 5.41) is 16.9. The van der Waals surface area contributed by atoms with Crippen LogP contribution in [-0.4, -0.2) is 60.8 Å². The van der Waals surface area contributed by atoms with Gasteiger partial charge in [-0.15, -0.1) is 10.2 Å². The van der Waals surface area contributed by atoms with E-state index in [4.69, 9.17) is 5.11 Å². The Kier molecular flexibility index (Phi) is 3.07. The lowest BCUT2D eigenvalue weighted by Crippen LogP contribution is -2.48. The molecule has 2 unspecified atom stereocenters. The average molecular weight is 279 g/mol. The number of likely N-dealkylation sites (tertiary alicyclic amines) is 1. The second-order valence-corrected chi connectivity index (χ2v) is 5.31. The molecule has 1 N–H and O–H groups in total. The average Bonchev–Trinajstić information content (AvgIpc) is 3.03. The first-order chi connectivity index (χ1) is 9.58. The van der Waals surface area contributed by atoms with Gasteiger partial charge in [0.1, 0.15) is 6.33 Å². The van der Waals surface area contributed by atoms with Crippen LogP contribution in [0, 0.1) is 5.92 Å². The Morgan fingerprint density at radius 3 is 2.85 bits per heavy atom. The zero-order chi connectivity index (χ0) is 14.3. The molecule has 108 valence electrons. The molecule has 20 heavy (non-hydrogen) atoms. The van der Waals surface area contributed by atoms with Gasteiger partial charge in [0, 0.05) is 25.7 Å². The second kappa shape index (κ2) is 4.77. The zero-order valence-corrected chi connectivity index (χ0v) is 11.3. The molecule has 1 aromatic rings. The molecule has 1 fully saturated rings. The Morgan fingerprint density at radius 1 is 1.35 bits per heavy atom. The van der Waals surface area contributed by atoms with Crippen LogP contribution >= 0.6 is 0 Å². The monoisotopic (exact) mass is 279 g/mol. The van der Waals surface area contributed by atoms with Gasteiger partial charge in [-0.1, -0.05) is 0 Å². The van der Waals surface area contributed by atoms with Crippen LogP contribution < -0.4 is 0 Å². The predicted molar refractivity (Wildman–Crippen MR) is 67.7 cm³/mol. The van der Waals surface area contributed by atoms with Gasteiger partial charge < -0.3 is 19.5 Å². The van der Waals surface area contributed by atoms with Crippen LogP contribution in [0.25, 0.3) is 0 Å². The lowest BCUT2D eigenvalue weighted by Gasteiger charge is -2.33. The van der Waals surface area contributed by atoms with Crippen LogP contribution in [0.4, 0.5) is 4.79 Å². The molecule has 1 saturated heterocycles. The SMILES string of the molecule is CC1C(C(=O)O)CCN1C(=O)N1CCn2cnnc2C1. The molecule has 2 atom stereocenters. The summed E-state index contributed by atoms with van der Waals surface area (Å²) in [6.07, 6.45) is 2.18. The van der Waals surface area contributed by atoms with Crippen molar-refractivity contribution in [3.8, 4) is 0 Å². The van der Waals surface area contributed by atoms with E-state index in [9.17, 15) is 9.59 Å². The van der Waals surface area contributed by atoms with Crippen LogP contribution in [-0.2, 0) is 17.9 Å². The van der Waals surface area contributed by atoms with E-state index in [1.165, 1.54) is 0 Å². The quantitative estimate of drug-likeness (QED) is 0.781. The molecule has 2 amide bonds. The number of carboxylic acids is 1. The Morgan fingerprint density at radius 2 is 2.15 bits per heavy atom. The summed E-state index contributed by atoms with van der Waals surface area (Å²) in [6.45, 7) is 4.01. The van der Waals surface area contributed by atoms with Gasteiger partial charge in [-0.2, -0.15) is 0 Å². The van der Waals surface area contributed by atoms with E-state index in [1.807, 2.05) is 4.57 Å². The number of aliphatic carboxylic acids is 1. The molecule has 8 nitrogen and oxygen atoms in total. The van der Waals surface area contributed by atoms with Crippen LogP contribution in [0.2, 0.25) is 0 Å². The highest BCUT2D eigenvalue weighted by Crippen LogP contribution is 2.26. The highest BCUT2D eigenvalue weighted by Gasteiger charge is 2.40. The van der Waals surface area contributed by atoms with Crippen molar-refractivity contribution in [3.05, 3.63) is 12.2 Å². The van der Waals surface area contributed by atoms with Crippen LogP contribution in [0.3, 0.4) is 0 Å². The Bertz CT molecular complexity index is 543. The van der Waals surface area contributed by atoms with Gasteiger partial charge in [-0.3, -0.25) is 4.79 Å². The van der Waals surface area contributed by atoms with Crippen molar-refractivity contribution in [1.29, 1.82) is 0 Å². The lowest BCUT2D eigenvalue weighted by atomic mass is 10.0. The third kappa shape index (κ3) is 2.00. The van der Waals surface area contributed by atoms with Crippen LogP contribution in [0.1, 0.15) is 19.2 Å². The molecule has 0 bridgehead atoms. The van der Waals surface area contributed by atoms with Crippen LogP contribution in [0.5, 0.6) is 0 Å². The molecule has 8 heteroatoms. The topological polar surface area (TPSA) is 91.6 Å². The summed E-state index contributed by atoms with van der Waals surface area (Å²) in [5.41, 5.74) is 0. The highest BCUT2D eigenvalue weighted by atomic mass is 16.4. The number of aromatic nitrogens is 3. The minimum atomic E-state index is -0.828. The number of nitrogens with zero attached hydrogens (tertiary/aromatic N) is 5. The molecule has 0 aliphatic carbocycles. The summed E-state index contributed by atoms with van der Waals surface area (Å²) < 4.78 is 1.93. The van der Waals surface area contributed by atoms with Crippen molar-refractivity contribution in [2.24, 2.45) is 5.92 Å². The van der Waals surface area contributed by atoms with Crippen molar-refractivity contribution in [2.45, 2.75) is 32.5 Å². The van der Waals surface area contributed by atoms with Gasteiger partial charge in [-0.05, 0) is 13.3 Å². The molecular formula is C12H17N5O3. The van der Waals surface area contributed by atoms with E-state index in [1.54, 1.807) is 23.1 Å². The fourth-order valence-corrected chi connectivity index (χ4v) is 2.95. The number of carboxylic acid groups (broad SMARTS) is 1. The van der Waals surface area contributed by atoms with Crippen molar-refractivity contribution < 1.29 is 14.7 Å². The van der Waals surface area contributed by atoms with Crippen molar-refractivity contribution in [1.82, 2.24) is 24.6 Å². The Labute approximate surface area is 116 Å². The third-order valence-electron chi connectivity index (χ3n) is 4.23. The molecule has 3 heterocycles. The summed E-state index contributed by atoms with van der Waals surface area (Å²) in [7, 11) is 0. The fraction of sp³-hybridized carbons (Fsp3) is 0.667. The number of hydrogen-bond acceptors (Lipinski definition) is 4. The van der Waals surface area contributed by atoms with Gasteiger partial charge in [-0.25, -0.2) is 4.79 Å². The largest absolute Gasteiger partial charge is 0.481 e. The molecule has 0 spiro atoms. The van der Waals surface area contributed by atoms with Gasteiger partial charge in [0.2, 0.25) is 0 Å². The standard InChI is InChI=1S/C12H17N5O3/c1-8-9(11(18)19)2-3-17(8)12(20)15-4-5-16-7-13-14-10(16)6-15/h7-9H,2-6H2,1H3,(H,18,19). The number of amides is 2. The summed E-state index contributed by atoms with van der Waals surface area (Å²) in [4.78, 5) is 27.0. The molecule has 2 aliphatic rings. The van der Waals surface area contributed by atoms with E-state index in [2.05, 4.69) is 10.2 Å². The first kappa shape index (κ1) is 12.9. The van der Waals surface area contributed by atoms with Gasteiger partial charge >= 0.3 is 12.0 Å². The molecule has 1 aromatic heterocycles. The minimum Gasteiger partial charge on any atom is -0.481 e. The van der Waals surface area contributed by atoms with Gasteiger partial charge in [0.15, 0.2) is 5.82 Å².